The third-order valence-corrected chi connectivity index (χ3v) is 6.96. The van der Waals surface area contributed by atoms with Crippen molar-refractivity contribution in [3.63, 3.8) is 0 Å². The Bertz CT molecular complexity index is 1240. The first-order chi connectivity index (χ1) is 15.4. The number of fused-ring (bicyclic) bond motifs is 2. The highest BCUT2D eigenvalue weighted by Gasteiger charge is 2.58. The molecule has 2 atom stereocenters. The fourth-order valence-electron chi connectivity index (χ4n) is 5.07. The van der Waals surface area contributed by atoms with E-state index in [0.29, 0.717) is 34.8 Å². The van der Waals surface area contributed by atoms with Crippen LogP contribution in [-0.2, 0) is 15.9 Å². The Morgan fingerprint density at radius 3 is 2.53 bits per heavy atom. The number of ketones is 1. The molecule has 0 saturated carbocycles. The minimum Gasteiger partial charge on any atom is -0.382 e. The number of carbonyl (C=O) groups is 2. The van der Waals surface area contributed by atoms with Crippen LogP contribution in [0.15, 0.2) is 72.8 Å². The molecule has 2 aliphatic rings. The van der Waals surface area contributed by atoms with Crippen molar-refractivity contribution in [2.75, 3.05) is 16.8 Å². The number of para-hydroxylation sites is 2. The molecule has 0 spiro atoms. The van der Waals surface area contributed by atoms with E-state index in [1.165, 1.54) is 0 Å². The van der Waals surface area contributed by atoms with Crippen molar-refractivity contribution in [1.82, 2.24) is 0 Å². The summed E-state index contributed by atoms with van der Waals surface area (Å²) in [4.78, 5) is 28.7. The average Bonchev–Trinajstić information content (AvgIpc) is 3.28. The minimum absolute atomic E-state index is 0.338. The summed E-state index contributed by atoms with van der Waals surface area (Å²) in [7, 11) is 0. The van der Waals surface area contributed by atoms with Crippen molar-refractivity contribution >= 4 is 34.7 Å². The molecule has 5 rings (SSSR count). The zero-order valence-corrected chi connectivity index (χ0v) is 18.4. The molecular formula is C26H23ClN2O3. The van der Waals surface area contributed by atoms with Crippen LogP contribution in [0.3, 0.4) is 0 Å². The molecule has 0 bridgehead atoms. The Morgan fingerprint density at radius 1 is 1.06 bits per heavy atom. The summed E-state index contributed by atoms with van der Waals surface area (Å²) in [5.74, 6) is -0.815. The summed E-state index contributed by atoms with van der Waals surface area (Å²) in [6, 6.07) is 21.7. The molecule has 5 nitrogen and oxygen atoms in total. The summed E-state index contributed by atoms with van der Waals surface area (Å²) in [6.07, 6.45) is 0.296. The second-order valence-corrected chi connectivity index (χ2v) is 8.85. The Balaban J connectivity index is 1.61. The molecule has 1 amide bonds. The standard InChI is InChI=1S/C26H23ClN2O3/c1-2-25(16-28-21-12-5-3-10-19(21)25)29-22-13-6-4-11-20(22)26(32,24(29)31)15-23(30)17-8-7-9-18(27)14-17/h3-14,28,32H,2,15-16H2,1H3. The Kier molecular flexibility index (Phi) is 4.84. The number of nitrogens with one attached hydrogen (secondary N) is 1. The molecule has 3 aromatic carbocycles. The van der Waals surface area contributed by atoms with Crippen LogP contribution in [0.1, 0.15) is 41.3 Å². The van der Waals surface area contributed by atoms with E-state index in [1.54, 1.807) is 41.3 Å². The van der Waals surface area contributed by atoms with Gasteiger partial charge in [0.1, 0.15) is 0 Å². The molecule has 2 unspecified atom stereocenters. The maximum Gasteiger partial charge on any atom is 0.265 e. The van der Waals surface area contributed by atoms with Crippen LogP contribution in [-0.4, -0.2) is 23.3 Å². The van der Waals surface area contributed by atoms with Gasteiger partial charge in [-0.2, -0.15) is 0 Å². The summed E-state index contributed by atoms with van der Waals surface area (Å²) in [6.45, 7) is 2.56. The monoisotopic (exact) mass is 446 g/mol. The van der Waals surface area contributed by atoms with Gasteiger partial charge in [-0.15, -0.1) is 0 Å². The molecule has 0 fully saturated rings. The third-order valence-electron chi connectivity index (χ3n) is 6.72. The van der Waals surface area contributed by atoms with E-state index in [4.69, 9.17) is 11.6 Å². The van der Waals surface area contributed by atoms with Gasteiger partial charge in [0.15, 0.2) is 11.4 Å². The number of halogens is 1. The van der Waals surface area contributed by atoms with Gasteiger partial charge in [-0.05, 0) is 30.7 Å². The molecule has 162 valence electrons. The lowest BCUT2D eigenvalue weighted by atomic mass is 9.86. The summed E-state index contributed by atoms with van der Waals surface area (Å²) in [5.41, 5.74) is 0.842. The first kappa shape index (κ1) is 20.7. The Hall–Kier alpha value is -3.15. The Morgan fingerprint density at radius 2 is 1.78 bits per heavy atom. The van der Waals surface area contributed by atoms with Gasteiger partial charge in [0.2, 0.25) is 0 Å². The molecule has 2 aliphatic heterocycles. The maximum atomic E-state index is 13.9. The molecule has 6 heteroatoms. The number of nitrogens with zero attached hydrogens (tertiary/aromatic N) is 1. The van der Waals surface area contributed by atoms with Crippen molar-refractivity contribution in [3.8, 4) is 0 Å². The number of amides is 1. The van der Waals surface area contributed by atoms with Gasteiger partial charge in [0, 0.05) is 33.9 Å². The van der Waals surface area contributed by atoms with Crippen LogP contribution in [0.2, 0.25) is 5.02 Å². The second kappa shape index (κ2) is 7.47. The third kappa shape index (κ3) is 2.89. The van der Waals surface area contributed by atoms with Gasteiger partial charge >= 0.3 is 0 Å². The lowest BCUT2D eigenvalue weighted by Gasteiger charge is -2.39. The van der Waals surface area contributed by atoms with Gasteiger partial charge in [-0.1, -0.05) is 67.1 Å². The van der Waals surface area contributed by atoms with Crippen molar-refractivity contribution in [3.05, 3.63) is 94.5 Å². The number of anilines is 2. The number of rotatable bonds is 5. The van der Waals surface area contributed by atoms with E-state index in [1.807, 2.05) is 43.3 Å². The number of carbonyl (C=O) groups excluding carboxylic acids is 2. The molecule has 3 aromatic rings. The van der Waals surface area contributed by atoms with Crippen LogP contribution < -0.4 is 10.2 Å². The van der Waals surface area contributed by atoms with Crippen LogP contribution in [0.4, 0.5) is 11.4 Å². The summed E-state index contributed by atoms with van der Waals surface area (Å²) < 4.78 is 0. The van der Waals surface area contributed by atoms with Crippen molar-refractivity contribution in [1.29, 1.82) is 0 Å². The van der Waals surface area contributed by atoms with Crippen LogP contribution in [0, 0.1) is 0 Å². The van der Waals surface area contributed by atoms with Crippen molar-refractivity contribution in [2.45, 2.75) is 30.9 Å². The lowest BCUT2D eigenvalue weighted by Crippen LogP contribution is -2.53. The maximum absolute atomic E-state index is 13.9. The largest absolute Gasteiger partial charge is 0.382 e. The Labute approximate surface area is 191 Å². The van der Waals surface area contributed by atoms with Gasteiger partial charge in [-0.25, -0.2) is 0 Å². The second-order valence-electron chi connectivity index (χ2n) is 8.41. The molecule has 32 heavy (non-hydrogen) atoms. The van der Waals surface area contributed by atoms with E-state index < -0.39 is 17.0 Å². The van der Waals surface area contributed by atoms with Gasteiger partial charge in [0.05, 0.1) is 17.6 Å². The quantitative estimate of drug-likeness (QED) is 0.548. The average molecular weight is 447 g/mol. The van der Waals surface area contributed by atoms with Crippen molar-refractivity contribution < 1.29 is 14.7 Å². The topological polar surface area (TPSA) is 69.6 Å². The van der Waals surface area contributed by atoms with E-state index >= 15 is 0 Å². The van der Waals surface area contributed by atoms with E-state index in [2.05, 4.69) is 5.32 Å². The highest BCUT2D eigenvalue weighted by molar-refractivity contribution is 6.31. The van der Waals surface area contributed by atoms with E-state index in [9.17, 15) is 14.7 Å². The first-order valence-corrected chi connectivity index (χ1v) is 11.1. The summed E-state index contributed by atoms with van der Waals surface area (Å²) in [5, 5.41) is 15.6. The van der Waals surface area contributed by atoms with Gasteiger partial charge in [0.25, 0.3) is 5.91 Å². The predicted octanol–water partition coefficient (Wildman–Crippen LogP) is 4.88. The van der Waals surface area contributed by atoms with Gasteiger partial charge in [-0.3, -0.25) is 14.5 Å². The summed E-state index contributed by atoms with van der Waals surface area (Å²) >= 11 is 6.05. The lowest BCUT2D eigenvalue weighted by molar-refractivity contribution is -0.137. The molecule has 2 N–H and O–H groups in total. The fourth-order valence-corrected chi connectivity index (χ4v) is 5.26. The molecular weight excluding hydrogens is 424 g/mol. The highest BCUT2D eigenvalue weighted by Crippen LogP contribution is 2.52. The number of benzene rings is 3. The van der Waals surface area contributed by atoms with E-state index in [-0.39, 0.29) is 12.2 Å². The zero-order chi connectivity index (χ0) is 22.5. The highest BCUT2D eigenvalue weighted by atomic mass is 35.5. The van der Waals surface area contributed by atoms with Crippen LogP contribution >= 0.6 is 11.6 Å². The number of hydrogen-bond acceptors (Lipinski definition) is 4. The number of Topliss-reactive ketones (excluding diaryl/α,β-unsaturated/α-hetero) is 1. The van der Waals surface area contributed by atoms with Crippen LogP contribution in [0.25, 0.3) is 0 Å². The molecule has 0 aromatic heterocycles. The number of hydrogen-bond donors (Lipinski definition) is 2. The van der Waals surface area contributed by atoms with E-state index in [0.717, 1.165) is 11.3 Å². The predicted molar refractivity (Wildman–Crippen MR) is 125 cm³/mol. The fraction of sp³-hybridized carbons (Fsp3) is 0.231. The van der Waals surface area contributed by atoms with Crippen LogP contribution in [0.5, 0.6) is 0 Å². The van der Waals surface area contributed by atoms with Gasteiger partial charge < -0.3 is 10.4 Å². The molecule has 0 aliphatic carbocycles. The smallest absolute Gasteiger partial charge is 0.265 e. The normalized spacial score (nSPS) is 23.6. The zero-order valence-electron chi connectivity index (χ0n) is 17.6. The van der Waals surface area contributed by atoms with Crippen molar-refractivity contribution in [2.24, 2.45) is 0 Å². The molecule has 0 radical (unpaired) electrons. The molecule has 2 heterocycles. The first-order valence-electron chi connectivity index (χ1n) is 10.7. The minimum atomic E-state index is -1.95. The molecule has 0 saturated heterocycles. The number of aliphatic hydroxyl groups is 1. The SMILES string of the molecule is CCC1(N2C(=O)C(O)(CC(=O)c3cccc(Cl)c3)c3ccccc32)CNc2ccccc21.